The first-order valence-corrected chi connectivity index (χ1v) is 7.36. The molecule has 0 bridgehead atoms. The molecule has 20 heavy (non-hydrogen) atoms. The minimum atomic E-state index is 0.663. The number of anilines is 2. The summed E-state index contributed by atoms with van der Waals surface area (Å²) in [5.41, 5.74) is 1.12. The van der Waals surface area contributed by atoms with Crippen LogP contribution in [0.1, 0.15) is 12.5 Å². The van der Waals surface area contributed by atoms with Crippen molar-refractivity contribution in [1.82, 2.24) is 15.0 Å². The molecule has 3 rings (SSSR count). The lowest BCUT2D eigenvalue weighted by Gasteiger charge is -2.09. The Kier molecular flexibility index (Phi) is 3.73. The maximum absolute atomic E-state index is 4.53. The van der Waals surface area contributed by atoms with Gasteiger partial charge in [0.1, 0.15) is 10.6 Å². The van der Waals surface area contributed by atoms with Gasteiger partial charge in [-0.1, -0.05) is 6.07 Å². The van der Waals surface area contributed by atoms with Gasteiger partial charge in [-0.2, -0.15) is 4.98 Å². The van der Waals surface area contributed by atoms with E-state index in [0.29, 0.717) is 12.5 Å². The van der Waals surface area contributed by atoms with Gasteiger partial charge in [0.2, 0.25) is 5.95 Å². The fraction of sp³-hybridized carbons (Fsp3) is 0.214. The molecule has 0 aliphatic carbocycles. The Labute approximate surface area is 121 Å². The van der Waals surface area contributed by atoms with E-state index in [4.69, 9.17) is 0 Å². The van der Waals surface area contributed by atoms with Crippen LogP contribution in [0.15, 0.2) is 36.0 Å². The van der Waals surface area contributed by atoms with E-state index in [9.17, 15) is 0 Å². The van der Waals surface area contributed by atoms with Crippen LogP contribution in [-0.2, 0) is 6.54 Å². The molecule has 2 N–H and O–H groups in total. The lowest BCUT2D eigenvalue weighted by atomic mass is 10.3. The molecule has 0 spiro atoms. The van der Waals surface area contributed by atoms with Gasteiger partial charge < -0.3 is 10.6 Å². The third-order valence-electron chi connectivity index (χ3n) is 2.84. The van der Waals surface area contributed by atoms with E-state index in [1.807, 2.05) is 36.7 Å². The van der Waals surface area contributed by atoms with Gasteiger partial charge in [0.05, 0.1) is 5.39 Å². The summed E-state index contributed by atoms with van der Waals surface area (Å²) in [5, 5.41) is 9.61. The van der Waals surface area contributed by atoms with Crippen molar-refractivity contribution < 1.29 is 0 Å². The number of hydrogen-bond donors (Lipinski definition) is 2. The summed E-state index contributed by atoms with van der Waals surface area (Å²) < 4.78 is 0. The van der Waals surface area contributed by atoms with E-state index < -0.39 is 0 Å². The first kappa shape index (κ1) is 12.8. The Bertz CT molecular complexity index is 695. The summed E-state index contributed by atoms with van der Waals surface area (Å²) in [6.45, 7) is 3.53. The van der Waals surface area contributed by atoms with Crippen molar-refractivity contribution in [1.29, 1.82) is 0 Å². The Morgan fingerprint density at radius 3 is 2.95 bits per heavy atom. The van der Waals surface area contributed by atoms with Crippen molar-refractivity contribution in [3.05, 3.63) is 41.5 Å². The Morgan fingerprint density at radius 1 is 1.20 bits per heavy atom. The second-order valence-corrected chi connectivity index (χ2v) is 5.17. The zero-order valence-corrected chi connectivity index (χ0v) is 11.9. The van der Waals surface area contributed by atoms with E-state index in [1.54, 1.807) is 17.5 Å². The highest BCUT2D eigenvalue weighted by Gasteiger charge is 2.08. The second-order valence-electron chi connectivity index (χ2n) is 4.28. The van der Waals surface area contributed by atoms with Crippen LogP contribution in [0.2, 0.25) is 0 Å². The van der Waals surface area contributed by atoms with Gasteiger partial charge >= 0.3 is 0 Å². The first-order valence-electron chi connectivity index (χ1n) is 6.48. The SMILES string of the molecule is CCNc1nc(NCc2cccnc2)c2ccsc2n1. The highest BCUT2D eigenvalue weighted by molar-refractivity contribution is 7.16. The molecule has 0 amide bonds. The molecule has 3 heterocycles. The van der Waals surface area contributed by atoms with E-state index in [1.165, 1.54) is 0 Å². The van der Waals surface area contributed by atoms with Crippen LogP contribution in [0.4, 0.5) is 11.8 Å². The van der Waals surface area contributed by atoms with Crippen molar-refractivity contribution in [3.8, 4) is 0 Å². The van der Waals surface area contributed by atoms with Crippen molar-refractivity contribution in [2.45, 2.75) is 13.5 Å². The van der Waals surface area contributed by atoms with E-state index in [2.05, 4.69) is 25.6 Å². The number of hydrogen-bond acceptors (Lipinski definition) is 6. The Balaban J connectivity index is 1.87. The summed E-state index contributed by atoms with van der Waals surface area (Å²) in [6.07, 6.45) is 3.62. The number of nitrogens with zero attached hydrogens (tertiary/aromatic N) is 3. The Morgan fingerprint density at radius 2 is 2.15 bits per heavy atom. The highest BCUT2D eigenvalue weighted by Crippen LogP contribution is 2.26. The van der Waals surface area contributed by atoms with Crippen molar-refractivity contribution in [3.63, 3.8) is 0 Å². The van der Waals surface area contributed by atoms with Crippen LogP contribution in [0.3, 0.4) is 0 Å². The summed E-state index contributed by atoms with van der Waals surface area (Å²) in [4.78, 5) is 14.1. The highest BCUT2D eigenvalue weighted by atomic mass is 32.1. The molecule has 6 heteroatoms. The molecule has 0 saturated carbocycles. The van der Waals surface area contributed by atoms with Gasteiger partial charge in [0.15, 0.2) is 0 Å². The molecular formula is C14H15N5S. The standard InChI is InChI=1S/C14H15N5S/c1-2-16-14-18-12(11-5-7-20-13(11)19-14)17-9-10-4-3-6-15-8-10/h3-8H,2,9H2,1H3,(H2,16,17,18,19). The molecule has 3 aromatic heterocycles. The number of fused-ring (bicyclic) bond motifs is 1. The van der Waals surface area contributed by atoms with E-state index in [0.717, 1.165) is 28.1 Å². The van der Waals surface area contributed by atoms with Gasteiger partial charge in [-0.25, -0.2) is 4.98 Å². The topological polar surface area (TPSA) is 62.7 Å². The zero-order valence-electron chi connectivity index (χ0n) is 11.1. The number of aromatic nitrogens is 3. The summed E-state index contributed by atoms with van der Waals surface area (Å²) >= 11 is 1.62. The summed E-state index contributed by atoms with van der Waals surface area (Å²) in [5.74, 6) is 1.52. The molecule has 0 aliphatic heterocycles. The van der Waals surface area contributed by atoms with Gasteiger partial charge in [-0.3, -0.25) is 4.98 Å². The molecule has 5 nitrogen and oxygen atoms in total. The molecule has 0 atom stereocenters. The van der Waals surface area contributed by atoms with Gasteiger partial charge in [-0.05, 0) is 30.0 Å². The van der Waals surface area contributed by atoms with Gasteiger partial charge in [0, 0.05) is 25.5 Å². The minimum absolute atomic E-state index is 0.663. The molecule has 0 aliphatic rings. The van der Waals surface area contributed by atoms with Crippen molar-refractivity contribution in [2.75, 3.05) is 17.2 Å². The van der Waals surface area contributed by atoms with Gasteiger partial charge in [-0.15, -0.1) is 11.3 Å². The number of rotatable bonds is 5. The first-order chi connectivity index (χ1) is 9.86. The fourth-order valence-corrected chi connectivity index (χ4v) is 2.68. The van der Waals surface area contributed by atoms with Crippen LogP contribution in [0.25, 0.3) is 10.2 Å². The molecule has 3 aromatic rings. The maximum Gasteiger partial charge on any atom is 0.226 e. The average molecular weight is 285 g/mol. The van der Waals surface area contributed by atoms with Crippen LogP contribution in [0, 0.1) is 0 Å². The quantitative estimate of drug-likeness (QED) is 0.754. The van der Waals surface area contributed by atoms with Gasteiger partial charge in [0.25, 0.3) is 0 Å². The predicted molar refractivity (Wildman–Crippen MR) is 83.1 cm³/mol. The van der Waals surface area contributed by atoms with Crippen LogP contribution < -0.4 is 10.6 Å². The van der Waals surface area contributed by atoms with Crippen molar-refractivity contribution >= 4 is 33.3 Å². The van der Waals surface area contributed by atoms with E-state index >= 15 is 0 Å². The monoisotopic (exact) mass is 285 g/mol. The lowest BCUT2D eigenvalue weighted by Crippen LogP contribution is -2.06. The van der Waals surface area contributed by atoms with E-state index in [-0.39, 0.29) is 0 Å². The molecule has 0 radical (unpaired) electrons. The zero-order chi connectivity index (χ0) is 13.8. The molecular weight excluding hydrogens is 270 g/mol. The minimum Gasteiger partial charge on any atom is -0.365 e. The number of nitrogens with one attached hydrogen (secondary N) is 2. The van der Waals surface area contributed by atoms with Crippen molar-refractivity contribution in [2.24, 2.45) is 0 Å². The predicted octanol–water partition coefficient (Wildman–Crippen LogP) is 3.13. The lowest BCUT2D eigenvalue weighted by molar-refractivity contribution is 1.07. The summed E-state index contributed by atoms with van der Waals surface area (Å²) in [7, 11) is 0. The molecule has 102 valence electrons. The van der Waals surface area contributed by atoms with Crippen LogP contribution in [0.5, 0.6) is 0 Å². The molecule has 0 aromatic carbocycles. The number of thiophene rings is 1. The second kappa shape index (κ2) is 5.83. The van der Waals surface area contributed by atoms with Crippen LogP contribution in [-0.4, -0.2) is 21.5 Å². The smallest absolute Gasteiger partial charge is 0.226 e. The third-order valence-corrected chi connectivity index (χ3v) is 3.65. The Hall–Kier alpha value is -2.21. The molecule has 0 unspecified atom stereocenters. The molecule has 0 fully saturated rings. The average Bonchev–Trinajstić information content (AvgIpc) is 2.95. The van der Waals surface area contributed by atoms with Crippen LogP contribution >= 0.6 is 11.3 Å². The fourth-order valence-electron chi connectivity index (χ4n) is 1.92. The normalized spacial score (nSPS) is 10.7. The molecule has 0 saturated heterocycles. The third kappa shape index (κ3) is 2.70. The maximum atomic E-state index is 4.53. The summed E-state index contributed by atoms with van der Waals surface area (Å²) in [6, 6.07) is 6.01. The largest absolute Gasteiger partial charge is 0.365 e. The number of pyridine rings is 1.